The summed E-state index contributed by atoms with van der Waals surface area (Å²) in [5, 5.41) is 31.0. The largest absolute Gasteiger partial charge is 0.508 e. The number of aliphatic hydroxyl groups is 1. The number of carbonyl (C=O) groups is 1. The maximum absolute atomic E-state index is 12.1. The number of benzene rings is 2. The molecule has 0 aromatic heterocycles. The molecule has 0 aliphatic carbocycles. The molecule has 0 heterocycles. The van der Waals surface area contributed by atoms with Gasteiger partial charge in [0.1, 0.15) is 11.5 Å². The number of phenolic OH excluding ortho intramolecular Hbond substituents is 2. The molecule has 2 aromatic rings. The molecule has 0 unspecified atom stereocenters. The van der Waals surface area contributed by atoms with Gasteiger partial charge in [0.25, 0.3) is 5.91 Å². The summed E-state index contributed by atoms with van der Waals surface area (Å²) in [6.45, 7) is -0.269. The van der Waals surface area contributed by atoms with Crippen molar-refractivity contribution in [2.45, 2.75) is 6.04 Å². The molecule has 2 aromatic carbocycles. The van der Waals surface area contributed by atoms with Crippen LogP contribution in [0, 0.1) is 0 Å². The first-order chi connectivity index (χ1) is 9.61. The lowest BCUT2D eigenvalue weighted by Crippen LogP contribution is -2.30. The molecule has 2 rings (SSSR count). The first-order valence-corrected chi connectivity index (χ1v) is 6.10. The molecule has 0 saturated carbocycles. The standard InChI is InChI=1S/C15H15NO4/c17-9-13(10-4-2-1-3-5-10)16-15(20)12-8-11(18)6-7-14(12)19/h1-8,13,17-19H,9H2,(H,16,20)/t13-/m0/s1. The van der Waals surface area contributed by atoms with Gasteiger partial charge in [0.15, 0.2) is 0 Å². The summed E-state index contributed by atoms with van der Waals surface area (Å²) < 4.78 is 0. The summed E-state index contributed by atoms with van der Waals surface area (Å²) >= 11 is 0. The van der Waals surface area contributed by atoms with Crippen molar-refractivity contribution in [1.82, 2.24) is 5.32 Å². The maximum Gasteiger partial charge on any atom is 0.255 e. The van der Waals surface area contributed by atoms with E-state index in [1.807, 2.05) is 6.07 Å². The third-order valence-corrected chi connectivity index (χ3v) is 2.91. The van der Waals surface area contributed by atoms with Gasteiger partial charge in [0.05, 0.1) is 18.2 Å². The average Bonchev–Trinajstić information content (AvgIpc) is 2.48. The Hall–Kier alpha value is -2.53. The molecule has 5 nitrogen and oxygen atoms in total. The van der Waals surface area contributed by atoms with Crippen LogP contribution in [0.25, 0.3) is 0 Å². The van der Waals surface area contributed by atoms with Crippen molar-refractivity contribution in [2.24, 2.45) is 0 Å². The highest BCUT2D eigenvalue weighted by molar-refractivity contribution is 5.97. The van der Waals surface area contributed by atoms with Crippen molar-refractivity contribution in [3.8, 4) is 11.5 Å². The van der Waals surface area contributed by atoms with Crippen LogP contribution < -0.4 is 5.32 Å². The fourth-order valence-electron chi connectivity index (χ4n) is 1.86. The Kier molecular flexibility index (Phi) is 4.22. The second-order valence-electron chi connectivity index (χ2n) is 4.32. The van der Waals surface area contributed by atoms with Gasteiger partial charge < -0.3 is 20.6 Å². The van der Waals surface area contributed by atoms with Crippen LogP contribution in [-0.2, 0) is 0 Å². The zero-order valence-electron chi connectivity index (χ0n) is 10.7. The van der Waals surface area contributed by atoms with Crippen LogP contribution in [-0.4, -0.2) is 27.8 Å². The number of carbonyl (C=O) groups excluding carboxylic acids is 1. The number of hydrogen-bond donors (Lipinski definition) is 4. The Morgan fingerprint density at radius 2 is 1.80 bits per heavy atom. The van der Waals surface area contributed by atoms with Crippen LogP contribution >= 0.6 is 0 Å². The quantitative estimate of drug-likeness (QED) is 0.636. The van der Waals surface area contributed by atoms with Gasteiger partial charge in [-0.05, 0) is 23.8 Å². The van der Waals surface area contributed by atoms with E-state index in [1.165, 1.54) is 18.2 Å². The lowest BCUT2D eigenvalue weighted by atomic mass is 10.1. The number of hydrogen-bond acceptors (Lipinski definition) is 4. The number of aromatic hydroxyl groups is 2. The highest BCUT2D eigenvalue weighted by Gasteiger charge is 2.17. The number of amides is 1. The van der Waals surface area contributed by atoms with E-state index in [1.54, 1.807) is 24.3 Å². The van der Waals surface area contributed by atoms with E-state index < -0.39 is 11.9 Å². The Labute approximate surface area is 116 Å². The minimum absolute atomic E-state index is 0.0422. The molecule has 0 spiro atoms. The molecule has 0 fully saturated rings. The Morgan fingerprint density at radius 1 is 1.10 bits per heavy atom. The summed E-state index contributed by atoms with van der Waals surface area (Å²) in [6.07, 6.45) is 0. The normalized spacial score (nSPS) is 11.8. The van der Waals surface area contributed by atoms with Gasteiger partial charge >= 0.3 is 0 Å². The Balaban J connectivity index is 2.20. The molecule has 0 aliphatic heterocycles. The smallest absolute Gasteiger partial charge is 0.255 e. The first-order valence-electron chi connectivity index (χ1n) is 6.10. The van der Waals surface area contributed by atoms with Crippen molar-refractivity contribution in [1.29, 1.82) is 0 Å². The first kappa shape index (κ1) is 13.9. The molecular formula is C15H15NO4. The van der Waals surface area contributed by atoms with Crippen LogP contribution in [0.3, 0.4) is 0 Å². The van der Waals surface area contributed by atoms with Gasteiger partial charge in [-0.3, -0.25) is 4.79 Å². The van der Waals surface area contributed by atoms with E-state index in [2.05, 4.69) is 5.32 Å². The van der Waals surface area contributed by atoms with Gasteiger partial charge in [-0.1, -0.05) is 30.3 Å². The third-order valence-electron chi connectivity index (χ3n) is 2.91. The third kappa shape index (κ3) is 3.07. The van der Waals surface area contributed by atoms with Crippen LogP contribution in [0.4, 0.5) is 0 Å². The molecular weight excluding hydrogens is 258 g/mol. The van der Waals surface area contributed by atoms with Gasteiger partial charge in [-0.15, -0.1) is 0 Å². The SMILES string of the molecule is O=C(N[C@@H](CO)c1ccccc1)c1cc(O)ccc1O. The second-order valence-corrected chi connectivity index (χ2v) is 4.32. The highest BCUT2D eigenvalue weighted by Crippen LogP contribution is 2.23. The van der Waals surface area contributed by atoms with Gasteiger partial charge in [-0.25, -0.2) is 0 Å². The molecule has 5 heteroatoms. The minimum atomic E-state index is -0.578. The zero-order chi connectivity index (χ0) is 14.5. The monoisotopic (exact) mass is 273 g/mol. The van der Waals surface area contributed by atoms with Crippen LogP contribution in [0.15, 0.2) is 48.5 Å². The summed E-state index contributed by atoms with van der Waals surface area (Å²) in [6, 6.07) is 12.1. The molecule has 20 heavy (non-hydrogen) atoms. The lowest BCUT2D eigenvalue weighted by Gasteiger charge is -2.17. The van der Waals surface area contributed by atoms with Crippen LogP contribution in [0.1, 0.15) is 22.0 Å². The van der Waals surface area contributed by atoms with Crippen molar-refractivity contribution < 1.29 is 20.1 Å². The topological polar surface area (TPSA) is 89.8 Å². The van der Waals surface area contributed by atoms with Gasteiger partial charge in [-0.2, -0.15) is 0 Å². The summed E-state index contributed by atoms with van der Waals surface area (Å²) in [7, 11) is 0. The number of phenols is 2. The lowest BCUT2D eigenvalue weighted by molar-refractivity contribution is 0.0913. The zero-order valence-corrected chi connectivity index (χ0v) is 10.7. The summed E-state index contributed by atoms with van der Waals surface area (Å²) in [5.41, 5.74) is 0.711. The van der Waals surface area contributed by atoms with E-state index in [4.69, 9.17) is 0 Å². The van der Waals surface area contributed by atoms with Crippen LogP contribution in [0.2, 0.25) is 0 Å². The van der Waals surface area contributed by atoms with Crippen molar-refractivity contribution >= 4 is 5.91 Å². The maximum atomic E-state index is 12.1. The number of nitrogens with one attached hydrogen (secondary N) is 1. The predicted molar refractivity (Wildman–Crippen MR) is 73.5 cm³/mol. The highest BCUT2D eigenvalue weighted by atomic mass is 16.3. The number of rotatable bonds is 4. The van der Waals surface area contributed by atoms with Crippen LogP contribution in [0.5, 0.6) is 11.5 Å². The van der Waals surface area contributed by atoms with Gasteiger partial charge in [0.2, 0.25) is 0 Å². The molecule has 104 valence electrons. The van der Waals surface area contributed by atoms with E-state index in [0.29, 0.717) is 0 Å². The number of aliphatic hydroxyl groups excluding tert-OH is 1. The molecule has 0 saturated heterocycles. The minimum Gasteiger partial charge on any atom is -0.508 e. The van der Waals surface area contributed by atoms with Crippen molar-refractivity contribution in [3.63, 3.8) is 0 Å². The second kappa shape index (κ2) is 6.08. The molecule has 0 radical (unpaired) electrons. The Morgan fingerprint density at radius 3 is 2.45 bits per heavy atom. The van der Waals surface area contributed by atoms with E-state index in [0.717, 1.165) is 5.56 Å². The summed E-state index contributed by atoms with van der Waals surface area (Å²) in [5.74, 6) is -0.917. The van der Waals surface area contributed by atoms with Crippen molar-refractivity contribution in [2.75, 3.05) is 6.61 Å². The fourth-order valence-corrected chi connectivity index (χ4v) is 1.86. The fraction of sp³-hybridized carbons (Fsp3) is 0.133. The van der Waals surface area contributed by atoms with Crippen molar-refractivity contribution in [3.05, 3.63) is 59.7 Å². The molecule has 1 amide bonds. The molecule has 0 aliphatic rings. The predicted octanol–water partition coefficient (Wildman–Crippen LogP) is 1.56. The average molecular weight is 273 g/mol. The van der Waals surface area contributed by atoms with E-state index in [-0.39, 0.29) is 23.7 Å². The van der Waals surface area contributed by atoms with E-state index in [9.17, 15) is 20.1 Å². The molecule has 0 bridgehead atoms. The van der Waals surface area contributed by atoms with E-state index >= 15 is 0 Å². The molecule has 1 atom stereocenters. The van der Waals surface area contributed by atoms with Gasteiger partial charge in [0, 0.05) is 0 Å². The summed E-state index contributed by atoms with van der Waals surface area (Å²) in [4.78, 5) is 12.1. The Bertz CT molecular complexity index is 598. The molecule has 4 N–H and O–H groups in total.